The molecule has 0 bridgehead atoms. The number of carbonyl (C=O) groups excluding carboxylic acids is 3. The van der Waals surface area contributed by atoms with Gasteiger partial charge in [0.15, 0.2) is 6.61 Å². The number of hydrogen-bond acceptors (Lipinski definition) is 4. The molecule has 1 unspecified atom stereocenters. The predicted molar refractivity (Wildman–Crippen MR) is 108 cm³/mol. The molecular weight excluding hydrogens is 380 g/mol. The topological polar surface area (TPSA) is 84.5 Å². The molecule has 2 aromatic carbocycles. The molecule has 2 aromatic rings. The van der Waals surface area contributed by atoms with Gasteiger partial charge in [0.25, 0.3) is 5.91 Å². The zero-order chi connectivity index (χ0) is 20.7. The van der Waals surface area contributed by atoms with Crippen LogP contribution < -0.4 is 10.6 Å². The summed E-state index contributed by atoms with van der Waals surface area (Å²) in [7, 11) is 0. The average molecular weight is 403 g/mol. The molecule has 0 aliphatic rings. The first-order chi connectivity index (χ1) is 13.2. The van der Waals surface area contributed by atoms with E-state index in [4.69, 9.17) is 16.3 Å². The summed E-state index contributed by atoms with van der Waals surface area (Å²) < 4.78 is 5.05. The second kappa shape index (κ2) is 9.90. The van der Waals surface area contributed by atoms with Crippen LogP contribution in [0.3, 0.4) is 0 Å². The van der Waals surface area contributed by atoms with E-state index in [0.29, 0.717) is 10.7 Å². The van der Waals surface area contributed by atoms with Crippen LogP contribution in [0.25, 0.3) is 0 Å². The highest BCUT2D eigenvalue weighted by atomic mass is 35.5. The summed E-state index contributed by atoms with van der Waals surface area (Å²) in [5.74, 6) is -1.32. The Labute approximate surface area is 169 Å². The van der Waals surface area contributed by atoms with Gasteiger partial charge in [-0.15, -0.1) is 0 Å². The van der Waals surface area contributed by atoms with E-state index in [1.165, 1.54) is 6.92 Å². The standard InChI is InChI=1S/C21H23ClN2O4/c1-13-4-7-16(8-5-13)19(23-15(3)25)11-21(27)28-12-20(26)24-17-9-6-14(2)18(22)10-17/h4-10,19H,11-12H2,1-3H3,(H,23,25)(H,24,26). The minimum Gasteiger partial charge on any atom is -0.455 e. The third-order valence-electron chi connectivity index (χ3n) is 4.05. The molecule has 0 saturated carbocycles. The average Bonchev–Trinajstić information content (AvgIpc) is 2.63. The van der Waals surface area contributed by atoms with Crippen LogP contribution in [0.2, 0.25) is 5.02 Å². The monoisotopic (exact) mass is 402 g/mol. The number of amides is 2. The van der Waals surface area contributed by atoms with Gasteiger partial charge in [0.1, 0.15) is 0 Å². The fraction of sp³-hybridized carbons (Fsp3) is 0.286. The summed E-state index contributed by atoms with van der Waals surface area (Å²) in [6.07, 6.45) is -0.0771. The highest BCUT2D eigenvalue weighted by Crippen LogP contribution is 2.20. The number of hydrogen-bond donors (Lipinski definition) is 2. The van der Waals surface area contributed by atoms with Crippen molar-refractivity contribution in [3.8, 4) is 0 Å². The van der Waals surface area contributed by atoms with E-state index in [-0.39, 0.29) is 12.3 Å². The van der Waals surface area contributed by atoms with Crippen molar-refractivity contribution >= 4 is 35.1 Å². The molecule has 7 heteroatoms. The minimum absolute atomic E-state index is 0.0771. The number of halogens is 1. The largest absolute Gasteiger partial charge is 0.455 e. The Hall–Kier alpha value is -2.86. The smallest absolute Gasteiger partial charge is 0.308 e. The third-order valence-corrected chi connectivity index (χ3v) is 4.46. The van der Waals surface area contributed by atoms with Gasteiger partial charge in [0, 0.05) is 17.6 Å². The highest BCUT2D eigenvalue weighted by Gasteiger charge is 2.19. The fourth-order valence-electron chi connectivity index (χ4n) is 2.54. The number of carbonyl (C=O) groups is 3. The zero-order valence-electron chi connectivity index (χ0n) is 16.0. The lowest BCUT2D eigenvalue weighted by atomic mass is 10.0. The molecular formula is C21H23ClN2O4. The first-order valence-corrected chi connectivity index (χ1v) is 9.17. The molecule has 148 valence electrons. The number of aryl methyl sites for hydroxylation is 2. The Morgan fingerprint density at radius 3 is 2.36 bits per heavy atom. The van der Waals surface area contributed by atoms with Gasteiger partial charge in [0.2, 0.25) is 5.91 Å². The quantitative estimate of drug-likeness (QED) is 0.691. The lowest BCUT2D eigenvalue weighted by molar-refractivity contribution is -0.148. The highest BCUT2D eigenvalue weighted by molar-refractivity contribution is 6.31. The second-order valence-corrected chi connectivity index (χ2v) is 6.95. The molecule has 0 spiro atoms. The SMILES string of the molecule is CC(=O)NC(CC(=O)OCC(=O)Nc1ccc(C)c(Cl)c1)c1ccc(C)cc1. The van der Waals surface area contributed by atoms with E-state index >= 15 is 0 Å². The van der Waals surface area contributed by atoms with Gasteiger partial charge in [-0.1, -0.05) is 47.5 Å². The van der Waals surface area contributed by atoms with Gasteiger partial charge in [-0.25, -0.2) is 0 Å². The Bertz CT molecular complexity index is 865. The predicted octanol–water partition coefficient (Wildman–Crippen LogP) is 3.71. The first kappa shape index (κ1) is 21.4. The molecule has 2 rings (SSSR count). The Balaban J connectivity index is 1.90. The van der Waals surface area contributed by atoms with E-state index in [9.17, 15) is 14.4 Å². The van der Waals surface area contributed by atoms with Gasteiger partial charge in [-0.3, -0.25) is 14.4 Å². The van der Waals surface area contributed by atoms with Crippen LogP contribution in [-0.4, -0.2) is 24.4 Å². The van der Waals surface area contributed by atoms with Crippen molar-refractivity contribution in [2.75, 3.05) is 11.9 Å². The molecule has 28 heavy (non-hydrogen) atoms. The van der Waals surface area contributed by atoms with Crippen LogP contribution in [0.1, 0.15) is 36.1 Å². The molecule has 0 fully saturated rings. The van der Waals surface area contributed by atoms with Crippen molar-refractivity contribution in [1.82, 2.24) is 5.32 Å². The van der Waals surface area contributed by atoms with Crippen LogP contribution in [0.15, 0.2) is 42.5 Å². The van der Waals surface area contributed by atoms with Gasteiger partial charge >= 0.3 is 5.97 Å². The van der Waals surface area contributed by atoms with Crippen LogP contribution >= 0.6 is 11.6 Å². The normalized spacial score (nSPS) is 11.4. The number of anilines is 1. The van der Waals surface area contributed by atoms with E-state index in [1.807, 2.05) is 38.1 Å². The van der Waals surface area contributed by atoms with Crippen molar-refractivity contribution in [3.63, 3.8) is 0 Å². The lowest BCUT2D eigenvalue weighted by Crippen LogP contribution is -2.29. The third kappa shape index (κ3) is 6.70. The number of esters is 1. The van der Waals surface area contributed by atoms with Crippen molar-refractivity contribution in [1.29, 1.82) is 0 Å². The van der Waals surface area contributed by atoms with Gasteiger partial charge in [-0.2, -0.15) is 0 Å². The Morgan fingerprint density at radius 2 is 1.75 bits per heavy atom. The number of ether oxygens (including phenoxy) is 1. The van der Waals surface area contributed by atoms with Gasteiger partial charge < -0.3 is 15.4 Å². The number of rotatable bonds is 7. The Morgan fingerprint density at radius 1 is 1.07 bits per heavy atom. The van der Waals surface area contributed by atoms with Crippen molar-refractivity contribution in [2.24, 2.45) is 0 Å². The van der Waals surface area contributed by atoms with Crippen molar-refractivity contribution in [2.45, 2.75) is 33.2 Å². The first-order valence-electron chi connectivity index (χ1n) is 8.80. The van der Waals surface area contributed by atoms with E-state index in [0.717, 1.165) is 16.7 Å². The zero-order valence-corrected chi connectivity index (χ0v) is 16.8. The summed E-state index contributed by atoms with van der Waals surface area (Å²) in [4.78, 5) is 35.6. The number of nitrogens with one attached hydrogen (secondary N) is 2. The minimum atomic E-state index is -0.587. The summed E-state index contributed by atoms with van der Waals surface area (Å²) in [6.45, 7) is 4.76. The molecule has 0 aliphatic heterocycles. The lowest BCUT2D eigenvalue weighted by Gasteiger charge is -2.18. The summed E-state index contributed by atoms with van der Waals surface area (Å²) in [5, 5.41) is 5.88. The maximum absolute atomic E-state index is 12.2. The maximum atomic E-state index is 12.2. The second-order valence-electron chi connectivity index (χ2n) is 6.54. The Kier molecular flexibility index (Phi) is 7.58. The summed E-state index contributed by atoms with van der Waals surface area (Å²) >= 11 is 6.02. The molecule has 6 nitrogen and oxygen atoms in total. The molecule has 0 aromatic heterocycles. The molecule has 0 aliphatic carbocycles. The molecule has 0 saturated heterocycles. The molecule has 1 atom stereocenters. The molecule has 0 radical (unpaired) electrons. The van der Waals surface area contributed by atoms with Crippen LogP contribution in [0.5, 0.6) is 0 Å². The molecule has 2 N–H and O–H groups in total. The van der Waals surface area contributed by atoms with Crippen molar-refractivity contribution < 1.29 is 19.1 Å². The van der Waals surface area contributed by atoms with Gasteiger partial charge in [-0.05, 0) is 37.1 Å². The van der Waals surface area contributed by atoms with Crippen LogP contribution in [0, 0.1) is 13.8 Å². The molecule has 2 amide bonds. The van der Waals surface area contributed by atoms with E-state index in [1.54, 1.807) is 18.2 Å². The summed E-state index contributed by atoms with van der Waals surface area (Å²) in [5.41, 5.74) is 3.27. The van der Waals surface area contributed by atoms with Gasteiger partial charge in [0.05, 0.1) is 12.5 Å². The van der Waals surface area contributed by atoms with E-state index in [2.05, 4.69) is 10.6 Å². The van der Waals surface area contributed by atoms with Crippen LogP contribution in [-0.2, 0) is 19.1 Å². The number of benzene rings is 2. The molecule has 0 heterocycles. The fourth-order valence-corrected chi connectivity index (χ4v) is 2.72. The summed E-state index contributed by atoms with van der Waals surface area (Å²) in [6, 6.07) is 12.1. The maximum Gasteiger partial charge on any atom is 0.308 e. The van der Waals surface area contributed by atoms with Crippen LogP contribution in [0.4, 0.5) is 5.69 Å². The van der Waals surface area contributed by atoms with E-state index < -0.39 is 24.5 Å². The van der Waals surface area contributed by atoms with Crippen molar-refractivity contribution in [3.05, 3.63) is 64.2 Å².